The number of amides is 1. The van der Waals surface area contributed by atoms with Crippen molar-refractivity contribution in [3.8, 4) is 0 Å². The summed E-state index contributed by atoms with van der Waals surface area (Å²) in [6, 6.07) is 1.85. The van der Waals surface area contributed by atoms with Crippen LogP contribution in [-0.2, 0) is 0 Å². The Morgan fingerprint density at radius 3 is 2.93 bits per heavy atom. The Kier molecular flexibility index (Phi) is 4.24. The maximum atomic E-state index is 11.9. The van der Waals surface area contributed by atoms with Gasteiger partial charge in [0.25, 0.3) is 5.91 Å². The third-order valence-electron chi connectivity index (χ3n) is 2.31. The van der Waals surface area contributed by atoms with E-state index < -0.39 is 0 Å². The minimum absolute atomic E-state index is 0.0239. The van der Waals surface area contributed by atoms with E-state index in [9.17, 15) is 4.79 Å². The standard InChI is InChI=1S/C11H17N3O/c1-9-4-5-13-8-10(9)11(15)14(3)7-6-12-2/h4-5,8,12H,6-7H2,1-3H3. The van der Waals surface area contributed by atoms with Gasteiger partial charge in [-0.2, -0.15) is 0 Å². The summed E-state index contributed by atoms with van der Waals surface area (Å²) in [6.07, 6.45) is 3.31. The molecule has 0 fully saturated rings. The maximum Gasteiger partial charge on any atom is 0.255 e. The average molecular weight is 207 g/mol. The van der Waals surface area contributed by atoms with Crippen LogP contribution in [-0.4, -0.2) is 43.0 Å². The van der Waals surface area contributed by atoms with Crippen molar-refractivity contribution in [1.82, 2.24) is 15.2 Å². The van der Waals surface area contributed by atoms with Gasteiger partial charge in [0.05, 0.1) is 5.56 Å². The SMILES string of the molecule is CNCCN(C)C(=O)c1cnccc1C. The van der Waals surface area contributed by atoms with Crippen molar-refractivity contribution >= 4 is 5.91 Å². The number of nitrogens with zero attached hydrogens (tertiary/aromatic N) is 2. The quantitative estimate of drug-likeness (QED) is 0.789. The van der Waals surface area contributed by atoms with E-state index in [1.807, 2.05) is 20.0 Å². The normalized spacial score (nSPS) is 10.1. The second-order valence-electron chi connectivity index (χ2n) is 3.52. The molecule has 82 valence electrons. The van der Waals surface area contributed by atoms with Gasteiger partial charge in [-0.15, -0.1) is 0 Å². The Morgan fingerprint density at radius 1 is 1.60 bits per heavy atom. The summed E-state index contributed by atoms with van der Waals surface area (Å²) in [6.45, 7) is 3.41. The smallest absolute Gasteiger partial charge is 0.255 e. The van der Waals surface area contributed by atoms with Crippen LogP contribution in [0.1, 0.15) is 15.9 Å². The van der Waals surface area contributed by atoms with Gasteiger partial charge < -0.3 is 10.2 Å². The van der Waals surface area contributed by atoms with Gasteiger partial charge >= 0.3 is 0 Å². The number of carbonyl (C=O) groups is 1. The highest BCUT2D eigenvalue weighted by molar-refractivity contribution is 5.95. The van der Waals surface area contributed by atoms with Crippen LogP contribution in [0, 0.1) is 6.92 Å². The lowest BCUT2D eigenvalue weighted by Crippen LogP contribution is -2.33. The van der Waals surface area contributed by atoms with Gasteiger partial charge in [-0.3, -0.25) is 9.78 Å². The van der Waals surface area contributed by atoms with E-state index >= 15 is 0 Å². The second-order valence-corrected chi connectivity index (χ2v) is 3.52. The van der Waals surface area contributed by atoms with Crippen molar-refractivity contribution < 1.29 is 4.79 Å². The number of likely N-dealkylation sites (N-methyl/N-ethyl adjacent to an activating group) is 2. The van der Waals surface area contributed by atoms with Crippen molar-refractivity contribution in [2.45, 2.75) is 6.92 Å². The summed E-state index contributed by atoms with van der Waals surface area (Å²) in [4.78, 5) is 17.6. The zero-order valence-electron chi connectivity index (χ0n) is 9.45. The molecule has 0 spiro atoms. The highest BCUT2D eigenvalue weighted by Gasteiger charge is 2.13. The molecule has 4 nitrogen and oxygen atoms in total. The zero-order valence-corrected chi connectivity index (χ0v) is 9.45. The van der Waals surface area contributed by atoms with Gasteiger partial charge in [-0.25, -0.2) is 0 Å². The molecule has 0 aliphatic rings. The molecule has 1 amide bonds. The van der Waals surface area contributed by atoms with Crippen molar-refractivity contribution in [3.05, 3.63) is 29.6 Å². The second kappa shape index (κ2) is 5.46. The van der Waals surface area contributed by atoms with Crippen LogP contribution in [0.25, 0.3) is 0 Å². The number of hydrogen-bond acceptors (Lipinski definition) is 3. The molecule has 0 bridgehead atoms. The predicted molar refractivity (Wildman–Crippen MR) is 59.9 cm³/mol. The Hall–Kier alpha value is -1.42. The van der Waals surface area contributed by atoms with E-state index in [0.29, 0.717) is 12.1 Å². The number of aromatic nitrogens is 1. The first-order valence-electron chi connectivity index (χ1n) is 4.97. The number of pyridine rings is 1. The lowest BCUT2D eigenvalue weighted by atomic mass is 10.1. The molecule has 0 atom stereocenters. The van der Waals surface area contributed by atoms with Crippen LogP contribution < -0.4 is 5.32 Å². The van der Waals surface area contributed by atoms with E-state index in [0.717, 1.165) is 12.1 Å². The molecule has 0 aliphatic heterocycles. The summed E-state index contributed by atoms with van der Waals surface area (Å²) >= 11 is 0. The van der Waals surface area contributed by atoms with Crippen LogP contribution in [0.4, 0.5) is 0 Å². The Bertz CT molecular complexity index is 338. The Balaban J connectivity index is 2.72. The molecular formula is C11H17N3O. The molecule has 0 aromatic carbocycles. The van der Waals surface area contributed by atoms with Gasteiger partial charge in [0.15, 0.2) is 0 Å². The van der Waals surface area contributed by atoms with Crippen molar-refractivity contribution in [1.29, 1.82) is 0 Å². The average Bonchev–Trinajstić information content (AvgIpc) is 2.25. The highest BCUT2D eigenvalue weighted by Crippen LogP contribution is 2.07. The van der Waals surface area contributed by atoms with E-state index in [1.54, 1.807) is 24.3 Å². The zero-order chi connectivity index (χ0) is 11.3. The third-order valence-corrected chi connectivity index (χ3v) is 2.31. The largest absolute Gasteiger partial charge is 0.340 e. The van der Waals surface area contributed by atoms with Gasteiger partial charge in [-0.05, 0) is 25.6 Å². The van der Waals surface area contributed by atoms with Crippen LogP contribution in [0.5, 0.6) is 0 Å². The van der Waals surface area contributed by atoms with Gasteiger partial charge in [0.2, 0.25) is 0 Å². The van der Waals surface area contributed by atoms with Gasteiger partial charge in [-0.1, -0.05) is 0 Å². The summed E-state index contributed by atoms with van der Waals surface area (Å²) < 4.78 is 0. The number of hydrogen-bond donors (Lipinski definition) is 1. The molecular weight excluding hydrogens is 190 g/mol. The van der Waals surface area contributed by atoms with Crippen LogP contribution in [0.15, 0.2) is 18.5 Å². The molecule has 0 saturated heterocycles. The molecule has 0 radical (unpaired) electrons. The van der Waals surface area contributed by atoms with E-state index in [1.165, 1.54) is 0 Å². The van der Waals surface area contributed by atoms with Crippen molar-refractivity contribution in [3.63, 3.8) is 0 Å². The Labute approximate surface area is 90.3 Å². The summed E-state index contributed by atoms with van der Waals surface area (Å²) in [5, 5.41) is 3.01. The van der Waals surface area contributed by atoms with Gasteiger partial charge in [0, 0.05) is 32.5 Å². The fourth-order valence-electron chi connectivity index (χ4n) is 1.27. The molecule has 15 heavy (non-hydrogen) atoms. The molecule has 1 N–H and O–H groups in total. The van der Waals surface area contributed by atoms with E-state index in [4.69, 9.17) is 0 Å². The van der Waals surface area contributed by atoms with Crippen LogP contribution >= 0.6 is 0 Å². The first kappa shape index (κ1) is 11.7. The molecule has 0 unspecified atom stereocenters. The summed E-state index contributed by atoms with van der Waals surface area (Å²) in [5.74, 6) is 0.0239. The van der Waals surface area contributed by atoms with Gasteiger partial charge in [0.1, 0.15) is 0 Å². The first-order chi connectivity index (χ1) is 7.16. The minimum atomic E-state index is 0.0239. The molecule has 0 aliphatic carbocycles. The number of nitrogens with one attached hydrogen (secondary N) is 1. The lowest BCUT2D eigenvalue weighted by Gasteiger charge is -2.17. The van der Waals surface area contributed by atoms with Crippen LogP contribution in [0.3, 0.4) is 0 Å². The first-order valence-corrected chi connectivity index (χ1v) is 4.97. The number of rotatable bonds is 4. The molecule has 1 aromatic heterocycles. The summed E-state index contributed by atoms with van der Waals surface area (Å²) in [7, 11) is 3.67. The molecule has 0 saturated carbocycles. The highest BCUT2D eigenvalue weighted by atomic mass is 16.2. The van der Waals surface area contributed by atoms with Crippen molar-refractivity contribution in [2.75, 3.05) is 27.2 Å². The molecule has 1 rings (SSSR count). The predicted octanol–water partition coefficient (Wildman–Crippen LogP) is 0.681. The van der Waals surface area contributed by atoms with Crippen molar-refractivity contribution in [2.24, 2.45) is 0 Å². The van der Waals surface area contributed by atoms with E-state index in [2.05, 4.69) is 10.3 Å². The monoisotopic (exact) mass is 207 g/mol. The topological polar surface area (TPSA) is 45.2 Å². The fraction of sp³-hybridized carbons (Fsp3) is 0.455. The molecule has 4 heteroatoms. The molecule has 1 aromatic rings. The van der Waals surface area contributed by atoms with Crippen LogP contribution in [0.2, 0.25) is 0 Å². The summed E-state index contributed by atoms with van der Waals surface area (Å²) in [5.41, 5.74) is 1.64. The van der Waals surface area contributed by atoms with E-state index in [-0.39, 0.29) is 5.91 Å². The molecule has 1 heterocycles. The number of aryl methyl sites for hydroxylation is 1. The lowest BCUT2D eigenvalue weighted by molar-refractivity contribution is 0.0795. The Morgan fingerprint density at radius 2 is 2.33 bits per heavy atom. The fourth-order valence-corrected chi connectivity index (χ4v) is 1.27. The maximum absolute atomic E-state index is 11.9. The minimum Gasteiger partial charge on any atom is -0.340 e. The third kappa shape index (κ3) is 3.02. The number of carbonyl (C=O) groups excluding carboxylic acids is 1.